The standard InChI is InChI=1S/C13H16ClN3O3/c1-8(18)15-4-5-17-11-7-12(19-2)9(14)6-10(11)16-13(17)20-3/h6-7H,4-5H2,1-3H3,(H,15,18). The van der Waals surface area contributed by atoms with E-state index in [1.54, 1.807) is 26.4 Å². The van der Waals surface area contributed by atoms with E-state index in [0.29, 0.717) is 29.9 Å². The Bertz CT molecular complexity index is 639. The van der Waals surface area contributed by atoms with Crippen molar-refractivity contribution in [3.63, 3.8) is 0 Å². The van der Waals surface area contributed by atoms with Crippen LogP contribution in [-0.2, 0) is 11.3 Å². The number of hydrogen-bond acceptors (Lipinski definition) is 4. The molecule has 1 heterocycles. The van der Waals surface area contributed by atoms with Crippen molar-refractivity contribution in [1.82, 2.24) is 14.9 Å². The number of fused-ring (bicyclic) bond motifs is 1. The van der Waals surface area contributed by atoms with Crippen LogP contribution in [0.1, 0.15) is 6.92 Å². The molecule has 0 radical (unpaired) electrons. The van der Waals surface area contributed by atoms with Crippen LogP contribution >= 0.6 is 11.6 Å². The number of nitrogens with one attached hydrogen (secondary N) is 1. The average molecular weight is 298 g/mol. The SMILES string of the molecule is COc1cc2c(cc1Cl)nc(OC)n2CCNC(C)=O. The zero-order valence-electron chi connectivity index (χ0n) is 11.6. The first kappa shape index (κ1) is 14.5. The molecule has 2 rings (SSSR count). The fraction of sp³-hybridized carbons (Fsp3) is 0.385. The molecule has 20 heavy (non-hydrogen) atoms. The van der Waals surface area contributed by atoms with Crippen LogP contribution in [0.15, 0.2) is 12.1 Å². The van der Waals surface area contributed by atoms with Crippen molar-refractivity contribution in [1.29, 1.82) is 0 Å². The highest BCUT2D eigenvalue weighted by Crippen LogP contribution is 2.31. The van der Waals surface area contributed by atoms with E-state index in [1.165, 1.54) is 6.92 Å². The molecule has 0 saturated carbocycles. The van der Waals surface area contributed by atoms with E-state index in [-0.39, 0.29) is 5.91 Å². The third kappa shape index (κ3) is 2.80. The summed E-state index contributed by atoms with van der Waals surface area (Å²) in [6.07, 6.45) is 0. The smallest absolute Gasteiger partial charge is 0.297 e. The first-order valence-corrected chi connectivity index (χ1v) is 6.46. The molecule has 108 valence electrons. The van der Waals surface area contributed by atoms with Gasteiger partial charge in [-0.2, -0.15) is 4.98 Å². The molecule has 1 N–H and O–H groups in total. The van der Waals surface area contributed by atoms with Crippen LogP contribution in [0.4, 0.5) is 0 Å². The average Bonchev–Trinajstić information content (AvgIpc) is 2.74. The van der Waals surface area contributed by atoms with E-state index < -0.39 is 0 Å². The zero-order chi connectivity index (χ0) is 14.7. The second kappa shape index (κ2) is 6.00. The van der Waals surface area contributed by atoms with Crippen LogP contribution in [0, 0.1) is 0 Å². The van der Waals surface area contributed by atoms with Gasteiger partial charge >= 0.3 is 0 Å². The first-order chi connectivity index (χ1) is 9.56. The summed E-state index contributed by atoms with van der Waals surface area (Å²) in [7, 11) is 3.11. The minimum atomic E-state index is -0.0750. The van der Waals surface area contributed by atoms with Gasteiger partial charge in [-0.3, -0.25) is 9.36 Å². The van der Waals surface area contributed by atoms with Crippen molar-refractivity contribution in [2.45, 2.75) is 13.5 Å². The number of benzene rings is 1. The molecular weight excluding hydrogens is 282 g/mol. The normalized spacial score (nSPS) is 10.6. The van der Waals surface area contributed by atoms with Gasteiger partial charge in [0.1, 0.15) is 5.75 Å². The third-order valence-corrected chi connectivity index (χ3v) is 3.17. The Morgan fingerprint density at radius 1 is 1.40 bits per heavy atom. The van der Waals surface area contributed by atoms with Gasteiger partial charge in [-0.1, -0.05) is 11.6 Å². The molecule has 0 aliphatic rings. The number of halogens is 1. The van der Waals surface area contributed by atoms with E-state index in [1.807, 2.05) is 4.57 Å². The molecule has 6 nitrogen and oxygen atoms in total. The van der Waals surface area contributed by atoms with Crippen molar-refractivity contribution in [2.24, 2.45) is 0 Å². The van der Waals surface area contributed by atoms with Crippen molar-refractivity contribution in [3.05, 3.63) is 17.2 Å². The van der Waals surface area contributed by atoms with E-state index in [0.717, 1.165) is 11.0 Å². The number of ether oxygens (including phenoxy) is 2. The minimum Gasteiger partial charge on any atom is -0.495 e. The monoisotopic (exact) mass is 297 g/mol. The van der Waals surface area contributed by atoms with Crippen molar-refractivity contribution in [3.8, 4) is 11.8 Å². The Morgan fingerprint density at radius 3 is 2.75 bits per heavy atom. The number of carbonyl (C=O) groups is 1. The Hall–Kier alpha value is -1.95. The maximum Gasteiger partial charge on any atom is 0.297 e. The molecule has 0 spiro atoms. The lowest BCUT2D eigenvalue weighted by atomic mass is 10.3. The Kier molecular flexibility index (Phi) is 4.34. The van der Waals surface area contributed by atoms with E-state index in [2.05, 4.69) is 10.3 Å². The highest BCUT2D eigenvalue weighted by molar-refractivity contribution is 6.32. The number of aromatic nitrogens is 2. The van der Waals surface area contributed by atoms with Gasteiger partial charge in [0, 0.05) is 26.1 Å². The van der Waals surface area contributed by atoms with Crippen LogP contribution in [0.2, 0.25) is 5.02 Å². The summed E-state index contributed by atoms with van der Waals surface area (Å²) in [4.78, 5) is 15.3. The number of carbonyl (C=O) groups excluding carboxylic acids is 1. The lowest BCUT2D eigenvalue weighted by Crippen LogP contribution is -2.24. The molecule has 0 fully saturated rings. The molecule has 0 bridgehead atoms. The highest BCUT2D eigenvalue weighted by Gasteiger charge is 2.14. The Balaban J connectivity index is 2.41. The van der Waals surface area contributed by atoms with Crippen LogP contribution in [0.3, 0.4) is 0 Å². The van der Waals surface area contributed by atoms with E-state index >= 15 is 0 Å². The number of amides is 1. The summed E-state index contributed by atoms with van der Waals surface area (Å²) in [6.45, 7) is 2.51. The minimum absolute atomic E-state index is 0.0750. The number of imidazole rings is 1. The largest absolute Gasteiger partial charge is 0.495 e. The molecule has 0 unspecified atom stereocenters. The predicted molar refractivity (Wildman–Crippen MR) is 76.5 cm³/mol. The second-order valence-corrected chi connectivity index (χ2v) is 4.62. The van der Waals surface area contributed by atoms with Gasteiger partial charge in [-0.05, 0) is 6.07 Å². The topological polar surface area (TPSA) is 65.4 Å². The van der Waals surface area contributed by atoms with Gasteiger partial charge in [0.15, 0.2) is 0 Å². The van der Waals surface area contributed by atoms with Gasteiger partial charge in [0.2, 0.25) is 5.91 Å². The zero-order valence-corrected chi connectivity index (χ0v) is 12.3. The maximum absolute atomic E-state index is 10.9. The Labute approximate surface area is 121 Å². The highest BCUT2D eigenvalue weighted by atomic mass is 35.5. The molecule has 1 aromatic carbocycles. The molecule has 1 aromatic heterocycles. The van der Waals surface area contributed by atoms with Crippen LogP contribution in [0.5, 0.6) is 11.8 Å². The summed E-state index contributed by atoms with van der Waals surface area (Å²) in [5.74, 6) is 0.497. The summed E-state index contributed by atoms with van der Waals surface area (Å²) in [5.41, 5.74) is 1.56. The third-order valence-electron chi connectivity index (χ3n) is 2.88. The lowest BCUT2D eigenvalue weighted by molar-refractivity contribution is -0.118. The van der Waals surface area contributed by atoms with Crippen molar-refractivity contribution >= 4 is 28.5 Å². The second-order valence-electron chi connectivity index (χ2n) is 4.21. The number of hydrogen-bond donors (Lipinski definition) is 1. The van der Waals surface area contributed by atoms with Crippen LogP contribution in [-0.4, -0.2) is 36.2 Å². The number of rotatable bonds is 5. The van der Waals surface area contributed by atoms with Gasteiger partial charge in [-0.25, -0.2) is 0 Å². The molecule has 0 aliphatic carbocycles. The summed E-state index contributed by atoms with van der Waals surface area (Å²) < 4.78 is 12.3. The first-order valence-electron chi connectivity index (χ1n) is 6.09. The molecular formula is C13H16ClN3O3. The van der Waals surface area contributed by atoms with Crippen molar-refractivity contribution in [2.75, 3.05) is 20.8 Å². The Morgan fingerprint density at radius 2 is 2.15 bits per heavy atom. The van der Waals surface area contributed by atoms with Gasteiger partial charge in [0.25, 0.3) is 6.01 Å². The predicted octanol–water partition coefficient (Wildman–Crippen LogP) is 1.84. The summed E-state index contributed by atoms with van der Waals surface area (Å²) in [6, 6.07) is 4.00. The molecule has 0 aliphatic heterocycles. The molecule has 2 aromatic rings. The van der Waals surface area contributed by atoms with Gasteiger partial charge < -0.3 is 14.8 Å². The van der Waals surface area contributed by atoms with Crippen molar-refractivity contribution < 1.29 is 14.3 Å². The molecule has 7 heteroatoms. The molecule has 1 amide bonds. The molecule has 0 atom stereocenters. The maximum atomic E-state index is 10.9. The van der Waals surface area contributed by atoms with Gasteiger partial charge in [0.05, 0.1) is 30.3 Å². The summed E-state index contributed by atoms with van der Waals surface area (Å²) in [5, 5.41) is 3.23. The fourth-order valence-electron chi connectivity index (χ4n) is 1.98. The lowest BCUT2D eigenvalue weighted by Gasteiger charge is -2.09. The van der Waals surface area contributed by atoms with Crippen LogP contribution in [0.25, 0.3) is 11.0 Å². The van der Waals surface area contributed by atoms with Crippen LogP contribution < -0.4 is 14.8 Å². The van der Waals surface area contributed by atoms with Gasteiger partial charge in [-0.15, -0.1) is 0 Å². The quantitative estimate of drug-likeness (QED) is 0.914. The number of methoxy groups -OCH3 is 2. The van der Waals surface area contributed by atoms with E-state index in [9.17, 15) is 4.79 Å². The van der Waals surface area contributed by atoms with E-state index in [4.69, 9.17) is 21.1 Å². The summed E-state index contributed by atoms with van der Waals surface area (Å²) >= 11 is 6.08. The fourth-order valence-corrected chi connectivity index (χ4v) is 2.21. The number of nitrogens with zero attached hydrogens (tertiary/aromatic N) is 2. The molecule has 0 saturated heterocycles.